The van der Waals surface area contributed by atoms with Gasteiger partial charge in [0.15, 0.2) is 0 Å². The van der Waals surface area contributed by atoms with Gasteiger partial charge >= 0.3 is 0 Å². The SMILES string of the molecule is C[NH2+]C.O=C([O-])c1ccccc1Cl. The molecule has 0 saturated heterocycles. The second-order valence-electron chi connectivity index (χ2n) is 2.34. The Bertz CT molecular complexity index is 276. The number of nitrogens with two attached hydrogens (primary N) is 1. The molecule has 2 N–H and O–H groups in total. The van der Waals surface area contributed by atoms with E-state index in [4.69, 9.17) is 11.6 Å². The summed E-state index contributed by atoms with van der Waals surface area (Å²) in [5.41, 5.74) is 0.0316. The third-order valence-electron chi connectivity index (χ3n) is 1.09. The fourth-order valence-electron chi connectivity index (χ4n) is 0.627. The fourth-order valence-corrected chi connectivity index (χ4v) is 0.840. The molecular weight excluding hydrogens is 190 g/mol. The van der Waals surface area contributed by atoms with Crippen LogP contribution in [0.1, 0.15) is 10.4 Å². The van der Waals surface area contributed by atoms with Crippen molar-refractivity contribution in [3.63, 3.8) is 0 Å². The lowest BCUT2D eigenvalue weighted by atomic mass is 10.2. The first-order valence-electron chi connectivity index (χ1n) is 3.83. The summed E-state index contributed by atoms with van der Waals surface area (Å²) in [6.07, 6.45) is 0. The van der Waals surface area contributed by atoms with Crippen molar-refractivity contribution in [1.82, 2.24) is 0 Å². The number of hydrogen-bond acceptors (Lipinski definition) is 2. The summed E-state index contributed by atoms with van der Waals surface area (Å²) < 4.78 is 0. The van der Waals surface area contributed by atoms with Gasteiger partial charge in [0.2, 0.25) is 0 Å². The van der Waals surface area contributed by atoms with Crippen LogP contribution >= 0.6 is 11.6 Å². The van der Waals surface area contributed by atoms with Crippen molar-refractivity contribution in [1.29, 1.82) is 0 Å². The number of carbonyl (C=O) groups is 1. The first kappa shape index (κ1) is 11.9. The predicted octanol–water partition coefficient (Wildman–Crippen LogP) is -0.487. The van der Waals surface area contributed by atoms with Crippen molar-refractivity contribution in [3.05, 3.63) is 34.9 Å². The van der Waals surface area contributed by atoms with Crippen LogP contribution in [0.25, 0.3) is 0 Å². The number of rotatable bonds is 1. The summed E-state index contributed by atoms with van der Waals surface area (Å²) in [5, 5.41) is 12.4. The number of hydrogen-bond donors (Lipinski definition) is 1. The highest BCUT2D eigenvalue weighted by molar-refractivity contribution is 6.33. The van der Waals surface area contributed by atoms with E-state index in [0.29, 0.717) is 0 Å². The summed E-state index contributed by atoms with van der Waals surface area (Å²) in [6, 6.07) is 6.16. The maximum absolute atomic E-state index is 10.2. The Hall–Kier alpha value is -1.06. The van der Waals surface area contributed by atoms with Gasteiger partial charge in [0.1, 0.15) is 0 Å². The number of carboxylic acids is 1. The normalized spacial score (nSPS) is 8.54. The van der Waals surface area contributed by atoms with E-state index >= 15 is 0 Å². The molecule has 0 saturated carbocycles. The van der Waals surface area contributed by atoms with Crippen LogP contribution in [0.2, 0.25) is 5.02 Å². The lowest BCUT2D eigenvalue weighted by Gasteiger charge is -2.02. The summed E-state index contributed by atoms with van der Waals surface area (Å²) in [7, 11) is 4.00. The fraction of sp³-hybridized carbons (Fsp3) is 0.222. The van der Waals surface area contributed by atoms with Gasteiger partial charge < -0.3 is 15.2 Å². The van der Waals surface area contributed by atoms with Crippen LogP contribution in [0.5, 0.6) is 0 Å². The molecule has 0 unspecified atom stereocenters. The molecule has 1 aromatic rings. The molecule has 0 heterocycles. The van der Waals surface area contributed by atoms with Crippen LogP contribution in [0.15, 0.2) is 24.3 Å². The quantitative estimate of drug-likeness (QED) is 0.667. The van der Waals surface area contributed by atoms with Gasteiger partial charge in [-0.1, -0.05) is 29.8 Å². The van der Waals surface area contributed by atoms with Crippen molar-refractivity contribution in [2.24, 2.45) is 0 Å². The zero-order chi connectivity index (χ0) is 10.3. The van der Waals surface area contributed by atoms with Gasteiger partial charge in [-0.25, -0.2) is 0 Å². The maximum atomic E-state index is 10.2. The van der Waals surface area contributed by atoms with E-state index < -0.39 is 5.97 Å². The molecule has 0 atom stereocenters. The van der Waals surface area contributed by atoms with E-state index in [1.54, 1.807) is 12.1 Å². The molecule has 0 amide bonds. The Morgan fingerprint density at radius 1 is 1.38 bits per heavy atom. The maximum Gasteiger partial charge on any atom is 0.0730 e. The van der Waals surface area contributed by atoms with Crippen LogP contribution in [0.3, 0.4) is 0 Å². The second-order valence-corrected chi connectivity index (χ2v) is 2.75. The smallest absolute Gasteiger partial charge is 0.0730 e. The average molecular weight is 202 g/mol. The standard InChI is InChI=1S/C7H5ClO2.C2H7N/c8-6-4-2-1-3-5(6)7(9)10;1-3-2/h1-4H,(H,9,10);3H,1-2H3. The van der Waals surface area contributed by atoms with E-state index in [9.17, 15) is 9.90 Å². The Labute approximate surface area is 82.3 Å². The average Bonchev–Trinajstić information content (AvgIpc) is 2.06. The first-order valence-corrected chi connectivity index (χ1v) is 4.21. The molecule has 3 nitrogen and oxygen atoms in total. The van der Waals surface area contributed by atoms with Crippen molar-refractivity contribution in [2.75, 3.05) is 14.1 Å². The lowest BCUT2D eigenvalue weighted by Crippen LogP contribution is -2.74. The molecule has 0 fully saturated rings. The molecule has 0 spiro atoms. The zero-order valence-corrected chi connectivity index (χ0v) is 8.34. The molecule has 0 aliphatic heterocycles. The Morgan fingerprint density at radius 3 is 2.15 bits per heavy atom. The number of aromatic carboxylic acids is 1. The largest absolute Gasteiger partial charge is 0.545 e. The topological polar surface area (TPSA) is 56.7 Å². The first-order chi connectivity index (χ1) is 6.13. The lowest BCUT2D eigenvalue weighted by molar-refractivity contribution is -0.597. The summed E-state index contributed by atoms with van der Waals surface area (Å²) in [5.74, 6) is -1.24. The van der Waals surface area contributed by atoms with Gasteiger partial charge in [0.25, 0.3) is 0 Å². The van der Waals surface area contributed by atoms with Crippen molar-refractivity contribution in [3.8, 4) is 0 Å². The molecule has 0 radical (unpaired) electrons. The van der Waals surface area contributed by atoms with Crippen LogP contribution in [-0.4, -0.2) is 20.1 Å². The van der Waals surface area contributed by atoms with Gasteiger partial charge in [-0.3, -0.25) is 0 Å². The van der Waals surface area contributed by atoms with E-state index in [0.717, 1.165) is 0 Å². The Kier molecular flexibility index (Phi) is 5.93. The third kappa shape index (κ3) is 4.50. The predicted molar refractivity (Wildman–Crippen MR) is 49.6 cm³/mol. The molecule has 1 rings (SSSR count). The molecule has 1 aromatic carbocycles. The molecule has 4 heteroatoms. The molecule has 0 aliphatic rings. The third-order valence-corrected chi connectivity index (χ3v) is 1.42. The van der Waals surface area contributed by atoms with Crippen LogP contribution in [-0.2, 0) is 0 Å². The van der Waals surface area contributed by atoms with Crippen LogP contribution in [0, 0.1) is 0 Å². The molecular formula is C9H12ClNO2. The van der Waals surface area contributed by atoms with Crippen LogP contribution < -0.4 is 10.4 Å². The molecule has 0 aliphatic carbocycles. The second kappa shape index (κ2) is 6.46. The Balaban J connectivity index is 0.000000424. The van der Waals surface area contributed by atoms with E-state index in [-0.39, 0.29) is 10.6 Å². The molecule has 0 bridgehead atoms. The van der Waals surface area contributed by atoms with Gasteiger partial charge in [-0.05, 0) is 6.07 Å². The monoisotopic (exact) mass is 201 g/mol. The van der Waals surface area contributed by atoms with Crippen LogP contribution in [0.4, 0.5) is 0 Å². The highest BCUT2D eigenvalue weighted by atomic mass is 35.5. The van der Waals surface area contributed by atoms with E-state index in [2.05, 4.69) is 0 Å². The minimum absolute atomic E-state index is 0.0316. The number of quaternary nitrogens is 1. The molecule has 13 heavy (non-hydrogen) atoms. The number of carboxylic acid groups (broad SMARTS) is 1. The van der Waals surface area contributed by atoms with E-state index in [1.807, 2.05) is 19.4 Å². The highest BCUT2D eigenvalue weighted by Crippen LogP contribution is 2.12. The van der Waals surface area contributed by atoms with Gasteiger partial charge in [-0.15, -0.1) is 0 Å². The Morgan fingerprint density at radius 2 is 1.85 bits per heavy atom. The van der Waals surface area contributed by atoms with Gasteiger partial charge in [-0.2, -0.15) is 0 Å². The highest BCUT2D eigenvalue weighted by Gasteiger charge is 1.96. The number of benzene rings is 1. The summed E-state index contributed by atoms with van der Waals surface area (Å²) >= 11 is 5.50. The van der Waals surface area contributed by atoms with Gasteiger partial charge in [0, 0.05) is 10.6 Å². The molecule has 72 valence electrons. The zero-order valence-electron chi connectivity index (χ0n) is 7.58. The minimum Gasteiger partial charge on any atom is -0.545 e. The number of carbonyl (C=O) groups excluding carboxylic acids is 1. The van der Waals surface area contributed by atoms with Crippen molar-refractivity contribution >= 4 is 17.6 Å². The van der Waals surface area contributed by atoms with Crippen molar-refractivity contribution < 1.29 is 15.2 Å². The van der Waals surface area contributed by atoms with Gasteiger partial charge in [0.05, 0.1) is 20.1 Å². The summed E-state index contributed by atoms with van der Waals surface area (Å²) in [6.45, 7) is 0. The minimum atomic E-state index is -1.24. The van der Waals surface area contributed by atoms with E-state index in [1.165, 1.54) is 12.1 Å². The number of halogens is 1. The van der Waals surface area contributed by atoms with Crippen molar-refractivity contribution in [2.45, 2.75) is 0 Å². The summed E-state index contributed by atoms with van der Waals surface area (Å²) in [4.78, 5) is 10.2. The molecule has 0 aromatic heterocycles.